The van der Waals surface area contributed by atoms with Crippen LogP contribution in [0.3, 0.4) is 0 Å². The number of carbonyl (C=O) groups is 1. The summed E-state index contributed by atoms with van der Waals surface area (Å²) in [5.41, 5.74) is 0.222. The first-order valence-corrected chi connectivity index (χ1v) is 8.74. The number of halogens is 1. The van der Waals surface area contributed by atoms with Gasteiger partial charge in [-0.3, -0.25) is 4.89 Å². The third-order valence-electron chi connectivity index (χ3n) is 2.89. The smallest absolute Gasteiger partial charge is 0.372 e. The minimum absolute atomic E-state index is 0.222. The molecule has 0 aromatic heterocycles. The molecule has 0 radical (unpaired) electrons. The lowest BCUT2D eigenvalue weighted by Crippen LogP contribution is -2.21. The van der Waals surface area contributed by atoms with Crippen LogP contribution in [0.25, 0.3) is 0 Å². The Kier molecular flexibility index (Phi) is 26.1. The van der Waals surface area contributed by atoms with Gasteiger partial charge in [-0.15, -0.1) is 0 Å². The molecule has 0 aliphatic heterocycles. The monoisotopic (exact) mass is 379 g/mol. The van der Waals surface area contributed by atoms with Gasteiger partial charge in [0.05, 0.1) is 5.56 Å². The Morgan fingerprint density at radius 3 is 1.76 bits per heavy atom. The van der Waals surface area contributed by atoms with Crippen LogP contribution in [0.15, 0.2) is 24.3 Å². The fraction of sp³-hybridized carbons (Fsp3) is 0.611. The van der Waals surface area contributed by atoms with Crippen LogP contribution in [0.1, 0.15) is 45.0 Å². The molecule has 2 N–H and O–H groups in total. The molecule has 0 saturated carbocycles. The van der Waals surface area contributed by atoms with E-state index in [9.17, 15) is 4.79 Å². The number of rotatable bonds is 6. The molecule has 1 aromatic carbocycles. The molecule has 0 heterocycles. The Morgan fingerprint density at radius 1 is 1.04 bits per heavy atom. The van der Waals surface area contributed by atoms with Gasteiger partial charge in [0.15, 0.2) is 0 Å². The van der Waals surface area contributed by atoms with Crippen LogP contribution < -0.4 is 0 Å². The molecule has 148 valence electrons. The predicted molar refractivity (Wildman–Crippen MR) is 103 cm³/mol. The maximum atomic E-state index is 10.6. The molecule has 25 heavy (non-hydrogen) atoms. The highest BCUT2D eigenvalue weighted by Crippen LogP contribution is 2.10. The molecule has 1 rings (SSSR count). The number of benzene rings is 1. The molecule has 0 bridgehead atoms. The van der Waals surface area contributed by atoms with Gasteiger partial charge in [-0.25, -0.2) is 4.79 Å². The summed E-state index contributed by atoms with van der Waals surface area (Å²) >= 11 is 5.56. The topological polar surface area (TPSA) is 79.2 Å². The minimum Gasteiger partial charge on any atom is -0.400 e. The quantitative estimate of drug-likeness (QED) is 0.575. The number of hydrogen-bond donors (Lipinski definition) is 2. The van der Waals surface area contributed by atoms with E-state index in [0.717, 1.165) is 20.3 Å². The number of aliphatic hydroxyl groups excluding tert-OH is 1. The van der Waals surface area contributed by atoms with Crippen LogP contribution in [0, 0.1) is 0 Å². The molecule has 0 fully saturated rings. The Morgan fingerprint density at radius 2 is 1.52 bits per heavy atom. The highest BCUT2D eigenvalue weighted by atomic mass is 35.5. The van der Waals surface area contributed by atoms with Crippen molar-refractivity contribution in [3.63, 3.8) is 0 Å². The van der Waals surface area contributed by atoms with Gasteiger partial charge < -0.3 is 14.7 Å². The molecule has 0 amide bonds. The first-order valence-electron chi connectivity index (χ1n) is 8.36. The lowest BCUT2D eigenvalue weighted by molar-refractivity contribution is -0.182. The van der Waals surface area contributed by atoms with Crippen molar-refractivity contribution >= 4 is 17.6 Å². The van der Waals surface area contributed by atoms with Gasteiger partial charge in [0.25, 0.3) is 0 Å². The molecule has 7 heteroatoms. The Hall–Kier alpha value is -1.18. The Labute approximate surface area is 157 Å². The van der Waals surface area contributed by atoms with Crippen LogP contribution in [-0.2, 0) is 9.62 Å². The third kappa shape index (κ3) is 19.0. The Balaban J connectivity index is -0.000000300. The molecule has 0 aliphatic rings. The maximum Gasteiger partial charge on any atom is 0.372 e. The molecular weight excluding hydrogens is 346 g/mol. The third-order valence-corrected chi connectivity index (χ3v) is 3.13. The molecule has 0 unspecified atom stereocenters. The summed E-state index contributed by atoms with van der Waals surface area (Å²) in [5, 5.41) is 15.4. The second kappa shape index (κ2) is 22.8. The normalized spacial score (nSPS) is 8.88. The van der Waals surface area contributed by atoms with Crippen molar-refractivity contribution in [1.29, 1.82) is 0 Å². The molecular formula is C18H34ClNO5. The highest BCUT2D eigenvalue weighted by molar-refractivity contribution is 6.30. The van der Waals surface area contributed by atoms with Gasteiger partial charge in [0.2, 0.25) is 0 Å². The second-order valence-electron chi connectivity index (χ2n) is 4.29. The zero-order valence-electron chi connectivity index (χ0n) is 16.3. The van der Waals surface area contributed by atoms with E-state index in [1.807, 2.05) is 13.8 Å². The average molecular weight is 380 g/mol. The number of aliphatic hydroxyl groups is 1. The van der Waals surface area contributed by atoms with Gasteiger partial charge in [-0.2, -0.15) is 5.26 Å². The second-order valence-corrected chi connectivity index (χ2v) is 4.73. The van der Waals surface area contributed by atoms with E-state index in [0.29, 0.717) is 5.02 Å². The van der Waals surface area contributed by atoms with Crippen LogP contribution >= 0.6 is 11.6 Å². The van der Waals surface area contributed by atoms with Crippen molar-refractivity contribution in [3.05, 3.63) is 34.9 Å². The van der Waals surface area contributed by atoms with Crippen molar-refractivity contribution in [2.45, 2.75) is 34.6 Å². The summed E-state index contributed by atoms with van der Waals surface area (Å²) in [6.07, 6.45) is 0. The maximum absolute atomic E-state index is 10.6. The van der Waals surface area contributed by atoms with E-state index in [4.69, 9.17) is 26.7 Å². The van der Waals surface area contributed by atoms with Crippen molar-refractivity contribution in [1.82, 2.24) is 4.90 Å². The van der Waals surface area contributed by atoms with Crippen LogP contribution in [0.2, 0.25) is 5.02 Å². The largest absolute Gasteiger partial charge is 0.400 e. The highest BCUT2D eigenvalue weighted by Gasteiger charge is 2.05. The van der Waals surface area contributed by atoms with Gasteiger partial charge in [-0.05, 0) is 51.7 Å². The zero-order chi connectivity index (χ0) is 20.1. The molecule has 1 aromatic rings. The molecule has 0 aliphatic carbocycles. The summed E-state index contributed by atoms with van der Waals surface area (Å²) in [6.45, 7) is 15.8. The van der Waals surface area contributed by atoms with Crippen molar-refractivity contribution in [3.8, 4) is 0 Å². The van der Waals surface area contributed by atoms with E-state index in [1.54, 1.807) is 12.1 Å². The number of carbonyl (C=O) groups excluding carboxylic acids is 1. The molecule has 6 nitrogen and oxygen atoms in total. The van der Waals surface area contributed by atoms with Crippen LogP contribution in [0.5, 0.6) is 0 Å². The zero-order valence-corrected chi connectivity index (χ0v) is 17.0. The number of hydrogen-bond acceptors (Lipinski definition) is 6. The van der Waals surface area contributed by atoms with E-state index < -0.39 is 5.97 Å². The van der Waals surface area contributed by atoms with Gasteiger partial charge >= 0.3 is 5.97 Å². The van der Waals surface area contributed by atoms with Crippen LogP contribution in [0.4, 0.5) is 0 Å². The van der Waals surface area contributed by atoms with E-state index in [1.165, 1.54) is 31.8 Å². The van der Waals surface area contributed by atoms with E-state index in [-0.39, 0.29) is 5.56 Å². The van der Waals surface area contributed by atoms with E-state index in [2.05, 4.69) is 30.6 Å². The Bertz CT molecular complexity index is 393. The first-order chi connectivity index (χ1) is 12.0. The predicted octanol–water partition coefficient (Wildman–Crippen LogP) is 3.97. The number of ether oxygens (including phenoxy) is 1. The van der Waals surface area contributed by atoms with Crippen molar-refractivity contribution in [2.24, 2.45) is 0 Å². The SMILES string of the molecule is CCN(CC)CC.CCOCC.CO.O=C(OO)c1cccc(Cl)c1. The lowest BCUT2D eigenvalue weighted by atomic mass is 10.2. The van der Waals surface area contributed by atoms with Crippen LogP contribution in [-0.4, -0.2) is 61.2 Å². The summed E-state index contributed by atoms with van der Waals surface area (Å²) in [6, 6.07) is 6.11. The summed E-state index contributed by atoms with van der Waals surface area (Å²) in [5.74, 6) is -0.813. The van der Waals surface area contributed by atoms with Crippen molar-refractivity contribution in [2.75, 3.05) is 40.0 Å². The lowest BCUT2D eigenvalue weighted by Gasteiger charge is -2.13. The molecule has 0 saturated heterocycles. The molecule has 0 atom stereocenters. The number of nitrogens with zero attached hydrogens (tertiary/aromatic N) is 1. The minimum atomic E-state index is -0.813. The first kappa shape index (κ1) is 28.6. The summed E-state index contributed by atoms with van der Waals surface area (Å²) < 4.78 is 4.83. The fourth-order valence-electron chi connectivity index (χ4n) is 1.54. The van der Waals surface area contributed by atoms with Gasteiger partial charge in [-0.1, -0.05) is 38.4 Å². The summed E-state index contributed by atoms with van der Waals surface area (Å²) in [7, 11) is 1.00. The van der Waals surface area contributed by atoms with Gasteiger partial charge in [0, 0.05) is 25.3 Å². The summed E-state index contributed by atoms with van der Waals surface area (Å²) in [4.78, 5) is 16.5. The standard InChI is InChI=1S/C7H5ClO3.C6H15N.C4H10O.CH4O/c8-6-3-1-2-5(4-6)7(9)11-10;1-4-7(5-2)6-3;1-3-5-4-2;1-2/h1-4,10H;4-6H2,1-3H3;3-4H2,1-2H3;2H,1H3. The van der Waals surface area contributed by atoms with Gasteiger partial charge in [0.1, 0.15) is 0 Å². The fourth-order valence-corrected chi connectivity index (χ4v) is 1.73. The van der Waals surface area contributed by atoms with E-state index >= 15 is 0 Å². The molecule has 0 spiro atoms. The van der Waals surface area contributed by atoms with Crippen molar-refractivity contribution < 1.29 is 24.8 Å². The average Bonchev–Trinajstić information content (AvgIpc) is 2.66.